The quantitative estimate of drug-likeness (QED) is 0.296. The third kappa shape index (κ3) is 4.38. The molecule has 18 heavy (non-hydrogen) atoms. The van der Waals surface area contributed by atoms with Gasteiger partial charge in [-0.1, -0.05) is 15.9 Å². The van der Waals surface area contributed by atoms with Crippen LogP contribution in [-0.2, 0) is 11.5 Å². The van der Waals surface area contributed by atoms with Crippen molar-refractivity contribution in [3.05, 3.63) is 29.0 Å². The lowest BCUT2D eigenvalue weighted by atomic mass is 10.1. The van der Waals surface area contributed by atoms with E-state index in [9.17, 15) is 0 Å². The molecule has 0 atom stereocenters. The second kappa shape index (κ2) is 8.92. The average Bonchev–Trinajstić information content (AvgIpc) is 2.36. The van der Waals surface area contributed by atoms with Crippen LogP contribution in [0.1, 0.15) is 11.1 Å². The van der Waals surface area contributed by atoms with Crippen molar-refractivity contribution in [2.24, 2.45) is 0 Å². The summed E-state index contributed by atoms with van der Waals surface area (Å²) in [4.78, 5) is 0. The molecule has 0 aliphatic rings. The summed E-state index contributed by atoms with van der Waals surface area (Å²) < 4.78 is 3.90. The molecule has 0 saturated heterocycles. The van der Waals surface area contributed by atoms with Gasteiger partial charge in [0.05, 0.1) is 11.9 Å². The van der Waals surface area contributed by atoms with Crippen LogP contribution in [0.15, 0.2) is 17.9 Å². The molecule has 0 fully saturated rings. The summed E-state index contributed by atoms with van der Waals surface area (Å²) in [6.07, 6.45) is 0. The van der Waals surface area contributed by atoms with E-state index in [2.05, 4.69) is 63.7 Å². The van der Waals surface area contributed by atoms with E-state index >= 15 is 0 Å². The largest absolute Gasteiger partial charge is 0.386 e. The van der Waals surface area contributed by atoms with E-state index in [0.29, 0.717) is 11.5 Å². The van der Waals surface area contributed by atoms with E-state index in [-0.39, 0.29) is 11.9 Å². The van der Waals surface area contributed by atoms with Crippen LogP contribution in [0, 0.1) is 0 Å². The molecule has 0 aliphatic heterocycles. The lowest BCUT2D eigenvalue weighted by Crippen LogP contribution is -1.96. The average molecular weight is 546 g/mol. The van der Waals surface area contributed by atoms with Gasteiger partial charge in [0.25, 0.3) is 0 Å². The van der Waals surface area contributed by atoms with E-state index in [1.54, 1.807) is 0 Å². The number of aliphatic hydroxyl groups is 2. The van der Waals surface area contributed by atoms with E-state index < -0.39 is 0 Å². The highest BCUT2D eigenvalue weighted by atomic mass is 79.9. The molecule has 1 rings (SSSR count). The molecule has 0 aromatic heterocycles. The van der Waals surface area contributed by atoms with Crippen molar-refractivity contribution in [3.8, 4) is 0 Å². The molecule has 0 heterocycles. The highest BCUT2D eigenvalue weighted by Gasteiger charge is 2.18. The van der Waals surface area contributed by atoms with Crippen LogP contribution in [0.2, 0.25) is 0 Å². The second-order valence-electron chi connectivity index (χ2n) is 3.17. The second-order valence-corrected chi connectivity index (χ2v) is 8.25. The number of rotatable bonds is 6. The van der Waals surface area contributed by atoms with Gasteiger partial charge in [-0.2, -0.15) is 0 Å². The van der Waals surface area contributed by atoms with Crippen LogP contribution in [0.3, 0.4) is 0 Å². The Labute approximate surface area is 148 Å². The van der Waals surface area contributed by atoms with Gasteiger partial charge in [0.1, 0.15) is 0 Å². The molecule has 0 aliphatic carbocycles. The molecular formula is C10H10Br4O2S2. The molecule has 2 N–H and O–H groups in total. The van der Waals surface area contributed by atoms with Gasteiger partial charge in [0.15, 0.2) is 0 Å². The normalized spacial score (nSPS) is 11.0. The Morgan fingerprint density at radius 3 is 1.39 bits per heavy atom. The molecule has 2 nitrogen and oxygen atoms in total. The van der Waals surface area contributed by atoms with Crippen LogP contribution < -0.4 is 0 Å². The fourth-order valence-corrected chi connectivity index (χ4v) is 6.22. The van der Waals surface area contributed by atoms with Crippen molar-refractivity contribution in [1.29, 1.82) is 0 Å². The molecule has 0 radical (unpaired) electrons. The Bertz CT molecular complexity index is 394. The first-order chi connectivity index (χ1) is 8.54. The summed E-state index contributed by atoms with van der Waals surface area (Å²) in [5, 5.41) is 17.8. The number of halogens is 4. The molecule has 102 valence electrons. The number of benzene rings is 1. The Morgan fingerprint density at radius 1 is 0.667 bits per heavy atom. The zero-order valence-corrected chi connectivity index (χ0v) is 17.0. The lowest BCUT2D eigenvalue weighted by Gasteiger charge is -2.16. The third-order valence-corrected chi connectivity index (χ3v) is 8.04. The minimum atomic E-state index is 0.0906. The summed E-state index contributed by atoms with van der Waals surface area (Å²) in [6.45, 7) is 0. The van der Waals surface area contributed by atoms with Crippen molar-refractivity contribution in [3.63, 3.8) is 0 Å². The topological polar surface area (TPSA) is 40.5 Å². The molecule has 0 amide bonds. The van der Waals surface area contributed by atoms with Gasteiger partial charge in [0.2, 0.25) is 0 Å². The zero-order chi connectivity index (χ0) is 13.7. The maximum Gasteiger partial charge on any atom is 0.0889 e. The van der Waals surface area contributed by atoms with E-state index in [0.717, 1.165) is 29.0 Å². The Hall–Kier alpha value is 1.76. The minimum Gasteiger partial charge on any atom is -0.386 e. The van der Waals surface area contributed by atoms with E-state index in [1.165, 1.54) is 23.5 Å². The fourth-order valence-electron chi connectivity index (χ4n) is 1.29. The fraction of sp³-hybridized carbons (Fsp3) is 0.400. The van der Waals surface area contributed by atoms with Crippen molar-refractivity contribution in [2.75, 3.05) is 11.9 Å². The first kappa shape index (κ1) is 17.8. The number of aliphatic hydroxyl groups excluding tert-OH is 2. The summed E-state index contributed by atoms with van der Waals surface area (Å²) in [7, 11) is 0. The minimum absolute atomic E-state index is 0.0906. The maximum absolute atomic E-state index is 8.92. The van der Waals surface area contributed by atoms with Gasteiger partial charge >= 0.3 is 0 Å². The Morgan fingerprint density at radius 2 is 1.06 bits per heavy atom. The molecule has 1 aromatic rings. The molecule has 0 saturated carbocycles. The first-order valence-electron chi connectivity index (χ1n) is 4.75. The first-order valence-corrected chi connectivity index (χ1v) is 10.2. The number of hydrogen-bond donors (Lipinski definition) is 2. The van der Waals surface area contributed by atoms with Gasteiger partial charge in [-0.05, 0) is 58.9 Å². The van der Waals surface area contributed by atoms with Gasteiger partial charge in [-0.3, -0.25) is 0 Å². The monoisotopic (exact) mass is 542 g/mol. The summed E-state index contributed by atoms with van der Waals surface area (Å²) >= 11 is 17.1. The van der Waals surface area contributed by atoms with Gasteiger partial charge in [-0.25, -0.2) is 0 Å². The number of hydrogen-bond acceptors (Lipinski definition) is 4. The molecule has 8 heteroatoms. The predicted octanol–water partition coefficient (Wildman–Crippen LogP) is 5.10. The van der Waals surface area contributed by atoms with Crippen molar-refractivity contribution >= 4 is 87.2 Å². The standard InChI is InChI=1S/C10H10Br4O2S2/c11-7-5(1-17-3-15)8(12)10(14)9(13)6(7)2-18-4-16/h15-16H,1-4H2. The highest BCUT2D eigenvalue weighted by Crippen LogP contribution is 2.44. The SMILES string of the molecule is OCSCc1c(Br)c(Br)c(Br)c(CSCO)c1Br. The molecule has 0 bridgehead atoms. The van der Waals surface area contributed by atoms with Crippen LogP contribution >= 0.6 is 87.2 Å². The van der Waals surface area contributed by atoms with E-state index in [1.807, 2.05) is 0 Å². The van der Waals surface area contributed by atoms with Crippen molar-refractivity contribution in [1.82, 2.24) is 0 Å². The van der Waals surface area contributed by atoms with Gasteiger partial charge < -0.3 is 10.2 Å². The van der Waals surface area contributed by atoms with Crippen molar-refractivity contribution < 1.29 is 10.2 Å². The molecule has 0 spiro atoms. The molecule has 1 aromatic carbocycles. The molecular weight excluding hydrogens is 536 g/mol. The van der Waals surface area contributed by atoms with Crippen LogP contribution in [0.5, 0.6) is 0 Å². The lowest BCUT2D eigenvalue weighted by molar-refractivity contribution is 0.375. The van der Waals surface area contributed by atoms with Crippen LogP contribution in [0.4, 0.5) is 0 Å². The summed E-state index contributed by atoms with van der Waals surface area (Å²) in [5.41, 5.74) is 2.19. The van der Waals surface area contributed by atoms with Gasteiger partial charge in [0, 0.05) is 29.4 Å². The van der Waals surface area contributed by atoms with Crippen LogP contribution in [-0.4, -0.2) is 22.1 Å². The van der Waals surface area contributed by atoms with Gasteiger partial charge in [-0.15, -0.1) is 23.5 Å². The van der Waals surface area contributed by atoms with Crippen molar-refractivity contribution in [2.45, 2.75) is 11.5 Å². The Balaban J connectivity index is 3.21. The summed E-state index contributed by atoms with van der Waals surface area (Å²) in [5.74, 6) is 1.60. The van der Waals surface area contributed by atoms with Crippen LogP contribution in [0.25, 0.3) is 0 Å². The smallest absolute Gasteiger partial charge is 0.0889 e. The molecule has 0 unspecified atom stereocenters. The third-order valence-electron chi connectivity index (χ3n) is 2.12. The van der Waals surface area contributed by atoms with E-state index in [4.69, 9.17) is 10.2 Å². The predicted molar refractivity (Wildman–Crippen MR) is 94.0 cm³/mol. The zero-order valence-electron chi connectivity index (χ0n) is 9.05. The number of thioether (sulfide) groups is 2. The summed E-state index contributed by atoms with van der Waals surface area (Å²) in [6, 6.07) is 0. The highest BCUT2D eigenvalue weighted by molar-refractivity contribution is 9.14. The maximum atomic E-state index is 8.92. The Kier molecular flexibility index (Phi) is 8.82.